The number of aliphatic carboxylic acids is 1. The number of carboxylic acids is 1. The van der Waals surface area contributed by atoms with Gasteiger partial charge in [0.25, 0.3) is 5.91 Å². The maximum absolute atomic E-state index is 12.3. The van der Waals surface area contributed by atoms with Crippen LogP contribution in [0.25, 0.3) is 0 Å². The van der Waals surface area contributed by atoms with E-state index >= 15 is 0 Å². The van der Waals surface area contributed by atoms with Gasteiger partial charge in [-0.1, -0.05) is 6.07 Å². The second kappa shape index (κ2) is 8.35. The molecule has 1 amide bonds. The topological polar surface area (TPSA) is 105 Å². The van der Waals surface area contributed by atoms with Gasteiger partial charge in [-0.3, -0.25) is 4.79 Å². The highest BCUT2D eigenvalue weighted by atomic mass is 16.5. The summed E-state index contributed by atoms with van der Waals surface area (Å²) in [7, 11) is 0. The summed E-state index contributed by atoms with van der Waals surface area (Å²) in [5.41, 5.74) is -0.0154. The first-order valence-electron chi connectivity index (χ1n) is 7.94. The van der Waals surface area contributed by atoms with Gasteiger partial charge in [-0.25, -0.2) is 4.79 Å². The van der Waals surface area contributed by atoms with Crippen LogP contribution in [0.5, 0.6) is 11.5 Å². The fourth-order valence-electron chi connectivity index (χ4n) is 1.97. The minimum Gasteiger partial charge on any atom is -0.491 e. The van der Waals surface area contributed by atoms with Gasteiger partial charge in [-0.2, -0.15) is 0 Å². The minimum atomic E-state index is -1.09. The standard InChI is InChI=1S/C19H21NO6/c1-19(2,24)12-26-15-8-6-14(7-9-15)20-18(23)13-4-3-5-16(10-13)25-11-17(21)22/h3-10,24H,11-12H2,1-2H3,(H,20,23)(H,21,22). The molecule has 0 saturated carbocycles. The van der Waals surface area contributed by atoms with E-state index in [2.05, 4.69) is 5.32 Å². The van der Waals surface area contributed by atoms with Crippen LogP contribution >= 0.6 is 0 Å². The van der Waals surface area contributed by atoms with Crippen molar-refractivity contribution >= 4 is 17.6 Å². The highest BCUT2D eigenvalue weighted by Crippen LogP contribution is 2.19. The van der Waals surface area contributed by atoms with Crippen LogP contribution in [0, 0.1) is 0 Å². The Morgan fingerprint density at radius 1 is 1.04 bits per heavy atom. The molecular weight excluding hydrogens is 338 g/mol. The van der Waals surface area contributed by atoms with E-state index in [0.717, 1.165) is 0 Å². The monoisotopic (exact) mass is 359 g/mol. The molecule has 0 spiro atoms. The van der Waals surface area contributed by atoms with E-state index in [1.165, 1.54) is 6.07 Å². The number of rotatable bonds is 8. The molecule has 0 aliphatic rings. The van der Waals surface area contributed by atoms with Crippen molar-refractivity contribution < 1.29 is 29.3 Å². The van der Waals surface area contributed by atoms with Crippen molar-refractivity contribution in [2.45, 2.75) is 19.4 Å². The van der Waals surface area contributed by atoms with Crippen molar-refractivity contribution in [2.75, 3.05) is 18.5 Å². The van der Waals surface area contributed by atoms with Crippen LogP contribution in [0.4, 0.5) is 5.69 Å². The molecule has 0 aromatic heterocycles. The van der Waals surface area contributed by atoms with Gasteiger partial charge in [0.05, 0.1) is 5.60 Å². The summed E-state index contributed by atoms with van der Waals surface area (Å²) in [6, 6.07) is 13.0. The van der Waals surface area contributed by atoms with Gasteiger partial charge in [0, 0.05) is 11.3 Å². The summed E-state index contributed by atoms with van der Waals surface area (Å²) in [6.45, 7) is 2.98. The Labute approximate surface area is 151 Å². The molecule has 3 N–H and O–H groups in total. The van der Waals surface area contributed by atoms with E-state index in [1.807, 2.05) is 0 Å². The summed E-state index contributed by atoms with van der Waals surface area (Å²) in [5, 5.41) is 21.0. The normalized spacial score (nSPS) is 10.9. The lowest BCUT2D eigenvalue weighted by molar-refractivity contribution is -0.139. The Morgan fingerprint density at radius 2 is 1.73 bits per heavy atom. The molecule has 2 aromatic carbocycles. The van der Waals surface area contributed by atoms with Crippen molar-refractivity contribution in [2.24, 2.45) is 0 Å². The average Bonchev–Trinajstić information content (AvgIpc) is 2.59. The number of hydrogen-bond acceptors (Lipinski definition) is 5. The van der Waals surface area contributed by atoms with Crippen molar-refractivity contribution in [1.29, 1.82) is 0 Å². The highest BCUT2D eigenvalue weighted by molar-refractivity contribution is 6.04. The van der Waals surface area contributed by atoms with Crippen LogP contribution in [-0.4, -0.2) is 40.9 Å². The fraction of sp³-hybridized carbons (Fsp3) is 0.263. The molecule has 0 fully saturated rings. The number of carbonyl (C=O) groups excluding carboxylic acids is 1. The third-order valence-electron chi connectivity index (χ3n) is 3.16. The number of ether oxygens (including phenoxy) is 2. The average molecular weight is 359 g/mol. The molecule has 138 valence electrons. The van der Waals surface area contributed by atoms with Crippen LogP contribution in [0.2, 0.25) is 0 Å². The van der Waals surface area contributed by atoms with Gasteiger partial charge in [0.1, 0.15) is 18.1 Å². The second-order valence-corrected chi connectivity index (χ2v) is 6.29. The van der Waals surface area contributed by atoms with E-state index in [4.69, 9.17) is 14.6 Å². The Morgan fingerprint density at radius 3 is 2.35 bits per heavy atom. The number of aliphatic hydroxyl groups is 1. The number of carbonyl (C=O) groups is 2. The molecular formula is C19H21NO6. The van der Waals surface area contributed by atoms with Gasteiger partial charge in [0.2, 0.25) is 0 Å². The molecule has 0 saturated heterocycles. The largest absolute Gasteiger partial charge is 0.491 e. The molecule has 7 heteroatoms. The molecule has 7 nitrogen and oxygen atoms in total. The van der Waals surface area contributed by atoms with Crippen LogP contribution in [-0.2, 0) is 4.79 Å². The highest BCUT2D eigenvalue weighted by Gasteiger charge is 2.13. The summed E-state index contributed by atoms with van der Waals surface area (Å²) >= 11 is 0. The van der Waals surface area contributed by atoms with Gasteiger partial charge in [-0.05, 0) is 56.3 Å². The van der Waals surface area contributed by atoms with Crippen LogP contribution in [0.15, 0.2) is 48.5 Å². The van der Waals surface area contributed by atoms with Crippen LogP contribution in [0.3, 0.4) is 0 Å². The summed E-state index contributed by atoms with van der Waals surface area (Å²) in [6.07, 6.45) is 0. The summed E-state index contributed by atoms with van der Waals surface area (Å²) in [4.78, 5) is 22.8. The van der Waals surface area contributed by atoms with E-state index in [9.17, 15) is 14.7 Å². The number of benzene rings is 2. The van der Waals surface area contributed by atoms with E-state index < -0.39 is 18.2 Å². The number of anilines is 1. The Hall–Kier alpha value is -3.06. The predicted octanol–water partition coefficient (Wildman–Crippen LogP) is 2.55. The Bertz CT molecular complexity index is 764. The van der Waals surface area contributed by atoms with Gasteiger partial charge in [0.15, 0.2) is 6.61 Å². The van der Waals surface area contributed by atoms with Crippen LogP contribution < -0.4 is 14.8 Å². The zero-order valence-corrected chi connectivity index (χ0v) is 14.6. The van der Waals surface area contributed by atoms with E-state index in [0.29, 0.717) is 22.7 Å². The molecule has 0 radical (unpaired) electrons. The number of carboxylic acid groups (broad SMARTS) is 1. The van der Waals surface area contributed by atoms with Crippen molar-refractivity contribution in [3.05, 3.63) is 54.1 Å². The van der Waals surface area contributed by atoms with Crippen molar-refractivity contribution in [1.82, 2.24) is 0 Å². The Kier molecular flexibility index (Phi) is 6.19. The molecule has 2 aromatic rings. The third kappa shape index (κ3) is 6.45. The number of nitrogens with one attached hydrogen (secondary N) is 1. The maximum Gasteiger partial charge on any atom is 0.341 e. The van der Waals surface area contributed by atoms with Gasteiger partial charge < -0.3 is 25.0 Å². The lowest BCUT2D eigenvalue weighted by atomic mass is 10.2. The molecule has 0 bridgehead atoms. The number of hydrogen-bond donors (Lipinski definition) is 3. The first kappa shape index (κ1) is 19.3. The molecule has 0 aliphatic heterocycles. The lowest BCUT2D eigenvalue weighted by Crippen LogP contribution is -2.27. The summed E-state index contributed by atoms with van der Waals surface area (Å²) in [5.74, 6) is -0.563. The maximum atomic E-state index is 12.3. The predicted molar refractivity (Wildman–Crippen MR) is 95.8 cm³/mol. The second-order valence-electron chi connectivity index (χ2n) is 6.29. The minimum absolute atomic E-state index is 0.155. The summed E-state index contributed by atoms with van der Waals surface area (Å²) < 4.78 is 10.5. The van der Waals surface area contributed by atoms with Gasteiger partial charge in [-0.15, -0.1) is 0 Å². The molecule has 0 heterocycles. The first-order chi connectivity index (χ1) is 12.2. The molecule has 2 rings (SSSR count). The Balaban J connectivity index is 1.97. The SMILES string of the molecule is CC(C)(O)COc1ccc(NC(=O)c2cccc(OCC(=O)O)c2)cc1. The lowest BCUT2D eigenvalue weighted by Gasteiger charge is -2.17. The quantitative estimate of drug-likeness (QED) is 0.669. The zero-order valence-electron chi connectivity index (χ0n) is 14.6. The van der Waals surface area contributed by atoms with E-state index in [-0.39, 0.29) is 12.5 Å². The first-order valence-corrected chi connectivity index (χ1v) is 7.94. The molecule has 0 unspecified atom stereocenters. The fourth-order valence-corrected chi connectivity index (χ4v) is 1.97. The molecule has 26 heavy (non-hydrogen) atoms. The van der Waals surface area contributed by atoms with E-state index in [1.54, 1.807) is 56.3 Å². The number of amides is 1. The molecule has 0 aliphatic carbocycles. The van der Waals surface area contributed by atoms with Crippen molar-refractivity contribution in [3.8, 4) is 11.5 Å². The van der Waals surface area contributed by atoms with Crippen molar-refractivity contribution in [3.63, 3.8) is 0 Å². The zero-order chi connectivity index (χ0) is 19.2. The molecule has 0 atom stereocenters. The third-order valence-corrected chi connectivity index (χ3v) is 3.16. The smallest absolute Gasteiger partial charge is 0.341 e. The van der Waals surface area contributed by atoms with Gasteiger partial charge >= 0.3 is 5.97 Å². The van der Waals surface area contributed by atoms with Crippen LogP contribution in [0.1, 0.15) is 24.2 Å².